The van der Waals surface area contributed by atoms with E-state index < -0.39 is 0 Å². The predicted octanol–water partition coefficient (Wildman–Crippen LogP) is 3.04. The molecule has 1 aromatic rings. The highest BCUT2D eigenvalue weighted by atomic mass is 35.5. The molecular weight excluding hydrogens is 307 g/mol. The summed E-state index contributed by atoms with van der Waals surface area (Å²) in [5, 5.41) is 2.69. The molecule has 2 N–H and O–H groups in total. The molecule has 0 fully saturated rings. The van der Waals surface area contributed by atoms with E-state index in [2.05, 4.69) is 18.8 Å². The minimum Gasteiger partial charge on any atom is -0.458 e. The second-order valence-electron chi connectivity index (χ2n) is 4.52. The van der Waals surface area contributed by atoms with Crippen molar-refractivity contribution in [2.45, 2.75) is 33.3 Å². The molecule has 19 heavy (non-hydrogen) atoms. The zero-order valence-electron chi connectivity index (χ0n) is 11.2. The van der Waals surface area contributed by atoms with Crippen LogP contribution < -0.4 is 5.73 Å². The lowest BCUT2D eigenvalue weighted by molar-refractivity contribution is -0.146. The van der Waals surface area contributed by atoms with E-state index in [-0.39, 0.29) is 43.3 Å². The monoisotopic (exact) mass is 328 g/mol. The van der Waals surface area contributed by atoms with Crippen molar-refractivity contribution in [1.82, 2.24) is 4.98 Å². The van der Waals surface area contributed by atoms with Crippen molar-refractivity contribution < 1.29 is 9.53 Å². The highest BCUT2D eigenvalue weighted by molar-refractivity contribution is 7.09. The summed E-state index contributed by atoms with van der Waals surface area (Å²) in [6, 6.07) is 0. The van der Waals surface area contributed by atoms with Crippen molar-refractivity contribution >= 4 is 42.1 Å². The molecule has 0 aliphatic heterocycles. The molecule has 112 valence electrons. The van der Waals surface area contributed by atoms with Gasteiger partial charge in [-0.15, -0.1) is 36.2 Å². The molecule has 0 bridgehead atoms. The Labute approximate surface area is 130 Å². The van der Waals surface area contributed by atoms with Gasteiger partial charge in [0.15, 0.2) is 0 Å². The summed E-state index contributed by atoms with van der Waals surface area (Å²) in [4.78, 5) is 15.6. The minimum absolute atomic E-state index is 0. The van der Waals surface area contributed by atoms with Gasteiger partial charge < -0.3 is 10.5 Å². The molecule has 0 unspecified atom stereocenters. The summed E-state index contributed by atoms with van der Waals surface area (Å²) in [5.41, 5.74) is 5.64. The molecule has 1 aromatic heterocycles. The summed E-state index contributed by atoms with van der Waals surface area (Å²) < 4.78 is 5.15. The fourth-order valence-electron chi connectivity index (χ4n) is 1.69. The van der Waals surface area contributed by atoms with Gasteiger partial charge in [0.25, 0.3) is 0 Å². The Morgan fingerprint density at radius 3 is 2.63 bits per heavy atom. The van der Waals surface area contributed by atoms with Crippen LogP contribution in [0.5, 0.6) is 0 Å². The molecule has 0 saturated heterocycles. The molecule has 1 atom stereocenters. The lowest BCUT2D eigenvalue weighted by Gasteiger charge is -2.15. The van der Waals surface area contributed by atoms with Crippen LogP contribution in [-0.2, 0) is 16.1 Å². The number of carbonyl (C=O) groups excluding carboxylic acids is 1. The summed E-state index contributed by atoms with van der Waals surface area (Å²) in [5.74, 6) is 0.588. The molecule has 0 saturated carbocycles. The standard InChI is InChI=1S/C12H20N2O2S.2ClH/c1-9(2)5-10(7-13)6-12(15)16-8-11-14-3-4-17-11;;/h3-4,9-10H,5-8,13H2,1-2H3;2*1H/t10-;;/m0../s1. The Bertz CT molecular complexity index is 334. The van der Waals surface area contributed by atoms with Gasteiger partial charge >= 0.3 is 5.97 Å². The van der Waals surface area contributed by atoms with E-state index in [1.807, 2.05) is 5.38 Å². The maximum atomic E-state index is 11.6. The number of nitrogens with zero attached hydrogens (tertiary/aromatic N) is 1. The number of thiazole rings is 1. The lowest BCUT2D eigenvalue weighted by Crippen LogP contribution is -2.21. The number of aromatic nitrogens is 1. The van der Waals surface area contributed by atoms with Gasteiger partial charge in [0.2, 0.25) is 0 Å². The van der Waals surface area contributed by atoms with E-state index in [9.17, 15) is 4.79 Å². The molecule has 0 spiro atoms. The summed E-state index contributed by atoms with van der Waals surface area (Å²) in [6.45, 7) is 5.06. The first-order valence-electron chi connectivity index (χ1n) is 5.85. The van der Waals surface area contributed by atoms with Gasteiger partial charge in [-0.05, 0) is 24.8 Å². The molecule has 0 aliphatic rings. The summed E-state index contributed by atoms with van der Waals surface area (Å²) in [7, 11) is 0. The Kier molecular flexibility index (Phi) is 12.6. The van der Waals surface area contributed by atoms with Gasteiger partial charge in [0.05, 0.1) is 0 Å². The number of ether oxygens (including phenoxy) is 1. The number of hydrogen-bond donors (Lipinski definition) is 1. The quantitative estimate of drug-likeness (QED) is 0.781. The van der Waals surface area contributed by atoms with Gasteiger partial charge in [0.1, 0.15) is 11.6 Å². The van der Waals surface area contributed by atoms with E-state index in [1.54, 1.807) is 6.20 Å². The predicted molar refractivity (Wildman–Crippen MR) is 83.0 cm³/mol. The molecular formula is C12H22Cl2N2O2S. The second-order valence-corrected chi connectivity index (χ2v) is 5.50. The number of esters is 1. The van der Waals surface area contributed by atoms with Crippen molar-refractivity contribution in [1.29, 1.82) is 0 Å². The van der Waals surface area contributed by atoms with Gasteiger partial charge in [-0.1, -0.05) is 13.8 Å². The van der Waals surface area contributed by atoms with Gasteiger partial charge in [-0.3, -0.25) is 4.79 Å². The fourth-order valence-corrected chi connectivity index (χ4v) is 2.22. The van der Waals surface area contributed by atoms with Gasteiger partial charge in [-0.2, -0.15) is 0 Å². The SMILES string of the molecule is CC(C)C[C@H](CN)CC(=O)OCc1nccs1.Cl.Cl. The van der Waals surface area contributed by atoms with Crippen LogP contribution in [-0.4, -0.2) is 17.5 Å². The number of hydrogen-bond acceptors (Lipinski definition) is 5. The molecule has 1 heterocycles. The van der Waals surface area contributed by atoms with E-state index in [1.165, 1.54) is 11.3 Å². The van der Waals surface area contributed by atoms with Gasteiger partial charge in [0, 0.05) is 18.0 Å². The van der Waals surface area contributed by atoms with Crippen molar-refractivity contribution in [3.05, 3.63) is 16.6 Å². The average Bonchev–Trinajstić information content (AvgIpc) is 2.77. The van der Waals surface area contributed by atoms with E-state index in [4.69, 9.17) is 10.5 Å². The first-order valence-corrected chi connectivity index (χ1v) is 6.73. The van der Waals surface area contributed by atoms with Crippen molar-refractivity contribution in [2.75, 3.05) is 6.54 Å². The van der Waals surface area contributed by atoms with E-state index in [0.717, 1.165) is 11.4 Å². The van der Waals surface area contributed by atoms with Crippen LogP contribution in [0, 0.1) is 11.8 Å². The number of rotatable bonds is 7. The van der Waals surface area contributed by atoms with Gasteiger partial charge in [-0.25, -0.2) is 4.98 Å². The molecule has 0 amide bonds. The van der Waals surface area contributed by atoms with Crippen LogP contribution in [0.3, 0.4) is 0 Å². The smallest absolute Gasteiger partial charge is 0.306 e. The van der Waals surface area contributed by atoms with Crippen LogP contribution in [0.15, 0.2) is 11.6 Å². The topological polar surface area (TPSA) is 65.2 Å². The number of nitrogens with two attached hydrogens (primary N) is 1. The van der Waals surface area contributed by atoms with E-state index in [0.29, 0.717) is 18.9 Å². The first kappa shape index (κ1) is 20.9. The van der Waals surface area contributed by atoms with Crippen molar-refractivity contribution in [3.63, 3.8) is 0 Å². The zero-order chi connectivity index (χ0) is 12.7. The fraction of sp³-hybridized carbons (Fsp3) is 0.667. The number of carbonyl (C=O) groups is 1. The third-order valence-corrected chi connectivity index (χ3v) is 3.19. The minimum atomic E-state index is -0.184. The summed E-state index contributed by atoms with van der Waals surface area (Å²) in [6.07, 6.45) is 3.07. The summed E-state index contributed by atoms with van der Waals surface area (Å²) >= 11 is 1.49. The van der Waals surface area contributed by atoms with E-state index >= 15 is 0 Å². The molecule has 0 radical (unpaired) electrons. The highest BCUT2D eigenvalue weighted by Gasteiger charge is 2.15. The first-order chi connectivity index (χ1) is 8.11. The van der Waals surface area contributed by atoms with Crippen LogP contribution >= 0.6 is 36.2 Å². The van der Waals surface area contributed by atoms with Crippen molar-refractivity contribution in [2.24, 2.45) is 17.6 Å². The third-order valence-electron chi connectivity index (χ3n) is 2.43. The van der Waals surface area contributed by atoms with Crippen molar-refractivity contribution in [3.8, 4) is 0 Å². The molecule has 4 nitrogen and oxygen atoms in total. The largest absolute Gasteiger partial charge is 0.458 e. The Balaban J connectivity index is 0. The number of halogens is 2. The average molecular weight is 329 g/mol. The molecule has 1 rings (SSSR count). The molecule has 7 heteroatoms. The van der Waals surface area contributed by atoms with Crippen LogP contribution in [0.4, 0.5) is 0 Å². The Morgan fingerprint density at radius 2 is 2.16 bits per heavy atom. The third kappa shape index (κ3) is 9.21. The zero-order valence-corrected chi connectivity index (χ0v) is 13.7. The Hall–Kier alpha value is -0.360. The molecule has 0 aliphatic carbocycles. The van der Waals surface area contributed by atoms with Crippen LogP contribution in [0.2, 0.25) is 0 Å². The normalized spacial score (nSPS) is 11.4. The molecule has 0 aromatic carbocycles. The second kappa shape index (κ2) is 11.5. The van der Waals surface area contributed by atoms with Crippen LogP contribution in [0.1, 0.15) is 31.7 Å². The maximum absolute atomic E-state index is 11.6. The van der Waals surface area contributed by atoms with Crippen LogP contribution in [0.25, 0.3) is 0 Å². The maximum Gasteiger partial charge on any atom is 0.306 e. The highest BCUT2D eigenvalue weighted by Crippen LogP contribution is 2.15. The Morgan fingerprint density at radius 1 is 1.47 bits per heavy atom. The lowest BCUT2D eigenvalue weighted by atomic mass is 9.94.